The van der Waals surface area contributed by atoms with Gasteiger partial charge in [-0.2, -0.15) is 5.10 Å². The van der Waals surface area contributed by atoms with Crippen LogP contribution in [0.2, 0.25) is 0 Å². The van der Waals surface area contributed by atoms with E-state index in [1.165, 1.54) is 6.33 Å². The molecule has 2 aromatic rings. The number of anilines is 1. The zero-order chi connectivity index (χ0) is 11.5. The molecule has 84 valence electrons. The van der Waals surface area contributed by atoms with E-state index >= 15 is 0 Å². The Morgan fingerprint density at radius 2 is 2.25 bits per heavy atom. The summed E-state index contributed by atoms with van der Waals surface area (Å²) in [6, 6.07) is 5.68. The maximum absolute atomic E-state index is 5.83. The maximum atomic E-state index is 5.83. The van der Waals surface area contributed by atoms with Gasteiger partial charge in [0, 0.05) is 7.05 Å². The third-order valence-corrected chi connectivity index (χ3v) is 2.39. The van der Waals surface area contributed by atoms with Gasteiger partial charge in [0.2, 0.25) is 0 Å². The average molecular weight is 218 g/mol. The second-order valence-corrected chi connectivity index (χ2v) is 3.58. The molecule has 5 nitrogen and oxygen atoms in total. The van der Waals surface area contributed by atoms with Crippen LogP contribution in [0, 0.1) is 6.92 Å². The monoisotopic (exact) mass is 218 g/mol. The first-order valence-corrected chi connectivity index (χ1v) is 4.99. The van der Waals surface area contributed by atoms with E-state index in [-0.39, 0.29) is 0 Å². The molecule has 0 unspecified atom stereocenters. The Bertz CT molecular complexity index is 472. The fraction of sp³-hybridized carbons (Fsp3) is 0.273. The highest BCUT2D eigenvalue weighted by molar-refractivity contribution is 5.56. The van der Waals surface area contributed by atoms with Crippen LogP contribution in [0.4, 0.5) is 5.69 Å². The smallest absolute Gasteiger partial charge is 0.164 e. The van der Waals surface area contributed by atoms with Crippen LogP contribution in [-0.2, 0) is 13.7 Å². The highest BCUT2D eigenvalue weighted by Crippen LogP contribution is 2.25. The second-order valence-electron chi connectivity index (χ2n) is 3.58. The quantitative estimate of drug-likeness (QED) is 0.788. The van der Waals surface area contributed by atoms with Crippen molar-refractivity contribution in [3.8, 4) is 5.75 Å². The molecule has 1 aromatic carbocycles. The molecule has 2 rings (SSSR count). The van der Waals surface area contributed by atoms with Crippen molar-refractivity contribution in [2.45, 2.75) is 13.5 Å². The van der Waals surface area contributed by atoms with Crippen LogP contribution in [0.5, 0.6) is 5.75 Å². The number of benzene rings is 1. The van der Waals surface area contributed by atoms with Crippen LogP contribution >= 0.6 is 0 Å². The number of aryl methyl sites for hydroxylation is 2. The molecule has 0 bridgehead atoms. The van der Waals surface area contributed by atoms with Gasteiger partial charge < -0.3 is 10.5 Å². The molecule has 1 aromatic heterocycles. The molecule has 0 fully saturated rings. The molecule has 16 heavy (non-hydrogen) atoms. The molecule has 0 aliphatic heterocycles. The second kappa shape index (κ2) is 4.22. The molecule has 0 aliphatic carbocycles. The van der Waals surface area contributed by atoms with Crippen molar-refractivity contribution in [3.05, 3.63) is 35.9 Å². The first-order chi connectivity index (χ1) is 7.68. The predicted octanol–water partition coefficient (Wildman–Crippen LogP) is 1.28. The van der Waals surface area contributed by atoms with Crippen LogP contribution in [0.3, 0.4) is 0 Å². The van der Waals surface area contributed by atoms with Gasteiger partial charge in [-0.1, -0.05) is 12.1 Å². The zero-order valence-electron chi connectivity index (χ0n) is 9.34. The molecule has 2 N–H and O–H groups in total. The number of nitrogens with zero attached hydrogens (tertiary/aromatic N) is 3. The Hall–Kier alpha value is -2.04. The minimum Gasteiger partial charge on any atom is -0.483 e. The molecule has 0 saturated heterocycles. The van der Waals surface area contributed by atoms with Crippen molar-refractivity contribution in [2.75, 3.05) is 5.73 Å². The van der Waals surface area contributed by atoms with Crippen LogP contribution in [0.15, 0.2) is 24.5 Å². The number of hydrogen-bond donors (Lipinski definition) is 1. The highest BCUT2D eigenvalue weighted by Gasteiger charge is 2.06. The van der Waals surface area contributed by atoms with Crippen LogP contribution in [-0.4, -0.2) is 14.8 Å². The van der Waals surface area contributed by atoms with Gasteiger partial charge in [-0.25, -0.2) is 4.98 Å². The number of rotatable bonds is 3. The summed E-state index contributed by atoms with van der Waals surface area (Å²) in [5.74, 6) is 1.48. The molecular formula is C11H14N4O. The lowest BCUT2D eigenvalue weighted by Gasteiger charge is -2.10. The minimum absolute atomic E-state index is 0.367. The van der Waals surface area contributed by atoms with Gasteiger partial charge in [0.25, 0.3) is 0 Å². The van der Waals surface area contributed by atoms with Crippen molar-refractivity contribution >= 4 is 5.69 Å². The topological polar surface area (TPSA) is 66.0 Å². The first kappa shape index (κ1) is 10.5. The molecule has 1 heterocycles. The number of hydrogen-bond acceptors (Lipinski definition) is 4. The van der Waals surface area contributed by atoms with Gasteiger partial charge in [-0.05, 0) is 18.6 Å². The molecule has 5 heteroatoms. The third-order valence-electron chi connectivity index (χ3n) is 2.39. The van der Waals surface area contributed by atoms with Crippen molar-refractivity contribution in [1.82, 2.24) is 14.8 Å². The standard InChI is InChI=1S/C11H14N4O/c1-8-4-3-5-9(12)11(8)16-6-10-13-7-14-15(10)2/h3-5,7H,6,12H2,1-2H3. The Balaban J connectivity index is 2.14. The van der Waals surface area contributed by atoms with E-state index in [4.69, 9.17) is 10.5 Å². The van der Waals surface area contributed by atoms with Crippen molar-refractivity contribution in [1.29, 1.82) is 0 Å². The normalized spacial score (nSPS) is 10.4. The SMILES string of the molecule is Cc1cccc(N)c1OCc1ncnn1C. The summed E-state index contributed by atoms with van der Waals surface area (Å²) in [5, 5.41) is 3.97. The van der Waals surface area contributed by atoms with Gasteiger partial charge >= 0.3 is 0 Å². The summed E-state index contributed by atoms with van der Waals surface area (Å²) in [6.45, 7) is 2.33. The van der Waals surface area contributed by atoms with E-state index in [0.717, 1.165) is 11.4 Å². The van der Waals surface area contributed by atoms with Gasteiger partial charge in [-0.15, -0.1) is 0 Å². The minimum atomic E-state index is 0.367. The first-order valence-electron chi connectivity index (χ1n) is 4.99. The maximum Gasteiger partial charge on any atom is 0.164 e. The van der Waals surface area contributed by atoms with Crippen LogP contribution in [0.25, 0.3) is 0 Å². The number of nitrogen functional groups attached to an aromatic ring is 1. The Morgan fingerprint density at radius 1 is 1.44 bits per heavy atom. The van der Waals surface area contributed by atoms with Crippen LogP contribution < -0.4 is 10.5 Å². The number of aromatic nitrogens is 3. The summed E-state index contributed by atoms with van der Waals surface area (Å²) in [4.78, 5) is 4.08. The third kappa shape index (κ3) is 1.98. The van der Waals surface area contributed by atoms with Gasteiger partial charge in [-0.3, -0.25) is 4.68 Å². The number of para-hydroxylation sites is 1. The Morgan fingerprint density at radius 3 is 2.88 bits per heavy atom. The van der Waals surface area contributed by atoms with E-state index in [1.807, 2.05) is 32.2 Å². The summed E-state index contributed by atoms with van der Waals surface area (Å²) >= 11 is 0. The van der Waals surface area contributed by atoms with E-state index in [0.29, 0.717) is 18.0 Å². The molecule has 0 amide bonds. The molecule has 0 atom stereocenters. The Kier molecular flexibility index (Phi) is 2.76. The Labute approximate surface area is 93.9 Å². The fourth-order valence-corrected chi connectivity index (χ4v) is 1.46. The lowest BCUT2D eigenvalue weighted by molar-refractivity contribution is 0.289. The molecular weight excluding hydrogens is 204 g/mol. The van der Waals surface area contributed by atoms with Gasteiger partial charge in [0.1, 0.15) is 18.7 Å². The highest BCUT2D eigenvalue weighted by atomic mass is 16.5. The lowest BCUT2D eigenvalue weighted by atomic mass is 10.2. The van der Waals surface area contributed by atoms with Gasteiger partial charge in [0.05, 0.1) is 5.69 Å². The summed E-state index contributed by atoms with van der Waals surface area (Å²) < 4.78 is 7.32. The molecule has 0 aliphatic rings. The summed E-state index contributed by atoms with van der Waals surface area (Å²) in [6.07, 6.45) is 1.50. The summed E-state index contributed by atoms with van der Waals surface area (Å²) in [5.41, 5.74) is 7.49. The largest absolute Gasteiger partial charge is 0.483 e. The van der Waals surface area contributed by atoms with E-state index < -0.39 is 0 Å². The molecule has 0 saturated carbocycles. The van der Waals surface area contributed by atoms with E-state index in [1.54, 1.807) is 4.68 Å². The average Bonchev–Trinajstić information content (AvgIpc) is 2.64. The molecule has 0 radical (unpaired) electrons. The molecule has 0 spiro atoms. The predicted molar refractivity (Wildman–Crippen MR) is 60.9 cm³/mol. The van der Waals surface area contributed by atoms with Gasteiger partial charge in [0.15, 0.2) is 5.82 Å². The van der Waals surface area contributed by atoms with Crippen molar-refractivity contribution < 1.29 is 4.74 Å². The van der Waals surface area contributed by atoms with Crippen molar-refractivity contribution in [3.63, 3.8) is 0 Å². The van der Waals surface area contributed by atoms with Crippen LogP contribution in [0.1, 0.15) is 11.4 Å². The zero-order valence-corrected chi connectivity index (χ0v) is 9.34. The number of ether oxygens (including phenoxy) is 1. The number of nitrogens with two attached hydrogens (primary N) is 1. The fourth-order valence-electron chi connectivity index (χ4n) is 1.46. The summed E-state index contributed by atoms with van der Waals surface area (Å²) in [7, 11) is 1.83. The lowest BCUT2D eigenvalue weighted by Crippen LogP contribution is -2.06. The van der Waals surface area contributed by atoms with E-state index in [2.05, 4.69) is 10.1 Å². The van der Waals surface area contributed by atoms with E-state index in [9.17, 15) is 0 Å². The van der Waals surface area contributed by atoms with Crippen molar-refractivity contribution in [2.24, 2.45) is 7.05 Å².